The highest BCUT2D eigenvalue weighted by molar-refractivity contribution is 5.89. The van der Waals surface area contributed by atoms with Gasteiger partial charge in [-0.1, -0.05) is 12.1 Å². The van der Waals surface area contributed by atoms with Crippen LogP contribution in [0.1, 0.15) is 48.5 Å². The first-order chi connectivity index (χ1) is 18.0. The summed E-state index contributed by atoms with van der Waals surface area (Å²) in [5.41, 5.74) is -1.10. The molecule has 3 heterocycles. The molecular formula is C27H29F3N6O2. The molecule has 200 valence electrons. The first kappa shape index (κ1) is 26.1. The molecule has 2 aromatic heterocycles. The van der Waals surface area contributed by atoms with Crippen molar-refractivity contribution in [2.75, 3.05) is 32.1 Å². The first-order valence-corrected chi connectivity index (χ1v) is 12.5. The van der Waals surface area contributed by atoms with Crippen LogP contribution in [-0.4, -0.2) is 52.3 Å². The number of aryl methyl sites for hydroxylation is 1. The first-order valence-electron chi connectivity index (χ1n) is 12.5. The number of hydrogen-bond acceptors (Lipinski definition) is 7. The summed E-state index contributed by atoms with van der Waals surface area (Å²) in [6.07, 6.45) is 0.990. The highest BCUT2D eigenvalue weighted by Gasteiger charge is 2.47. The van der Waals surface area contributed by atoms with Crippen molar-refractivity contribution in [2.24, 2.45) is 7.05 Å². The molecule has 1 atom stereocenters. The Hall–Kier alpha value is -3.49. The van der Waals surface area contributed by atoms with Crippen molar-refractivity contribution < 1.29 is 17.9 Å². The zero-order valence-electron chi connectivity index (χ0n) is 21.7. The number of benzene rings is 1. The van der Waals surface area contributed by atoms with Crippen molar-refractivity contribution >= 4 is 16.7 Å². The number of pyridine rings is 1. The summed E-state index contributed by atoms with van der Waals surface area (Å²) in [4.78, 5) is 23.8. The number of aromatic nitrogens is 3. The fraction of sp³-hybridized carbons (Fsp3) is 0.481. The van der Waals surface area contributed by atoms with Crippen LogP contribution in [0.4, 0.5) is 19.0 Å². The van der Waals surface area contributed by atoms with Crippen molar-refractivity contribution in [1.82, 2.24) is 19.4 Å². The lowest BCUT2D eigenvalue weighted by Crippen LogP contribution is -2.50. The molecule has 0 bridgehead atoms. The predicted molar refractivity (Wildman–Crippen MR) is 136 cm³/mol. The van der Waals surface area contributed by atoms with Gasteiger partial charge in [0.05, 0.1) is 34.6 Å². The van der Waals surface area contributed by atoms with Crippen molar-refractivity contribution in [3.05, 3.63) is 63.1 Å². The number of hydrogen-bond donors (Lipinski definition) is 1. The van der Waals surface area contributed by atoms with Crippen LogP contribution in [0.2, 0.25) is 0 Å². The second-order valence-electron chi connectivity index (χ2n) is 10.4. The Balaban J connectivity index is 1.47. The van der Waals surface area contributed by atoms with Crippen LogP contribution in [0, 0.1) is 24.1 Å². The number of nitrogens with one attached hydrogen (secondary N) is 1. The maximum atomic E-state index is 15.5. The van der Waals surface area contributed by atoms with Gasteiger partial charge in [0.2, 0.25) is 0 Å². The van der Waals surface area contributed by atoms with Gasteiger partial charge in [0.1, 0.15) is 29.6 Å². The highest BCUT2D eigenvalue weighted by Crippen LogP contribution is 2.47. The molecule has 8 nitrogen and oxygen atoms in total. The van der Waals surface area contributed by atoms with Crippen molar-refractivity contribution in [1.29, 1.82) is 5.26 Å². The van der Waals surface area contributed by atoms with Crippen LogP contribution in [0.3, 0.4) is 0 Å². The quantitative estimate of drug-likeness (QED) is 0.475. The van der Waals surface area contributed by atoms with Crippen LogP contribution in [0.5, 0.6) is 0 Å². The lowest BCUT2D eigenvalue weighted by molar-refractivity contribution is -0.134. The number of likely N-dealkylation sites (tertiary alicyclic amines) is 1. The smallest absolute Gasteiger partial charge is 0.298 e. The maximum Gasteiger partial charge on any atom is 0.298 e. The van der Waals surface area contributed by atoms with Crippen LogP contribution >= 0.6 is 0 Å². The molecule has 2 aliphatic rings. The van der Waals surface area contributed by atoms with E-state index in [0.717, 1.165) is 6.07 Å². The van der Waals surface area contributed by atoms with Gasteiger partial charge in [-0.15, -0.1) is 0 Å². The summed E-state index contributed by atoms with van der Waals surface area (Å²) < 4.78 is 52.2. The third-order valence-electron chi connectivity index (χ3n) is 7.43. The molecule has 11 heteroatoms. The average Bonchev–Trinajstić information content (AvgIpc) is 3.64. The standard InChI is InChI=1S/C27H29F3N6O2/c1-15(18-6-5-7-20(22(18)28)27(29,30)14-38-17-11-35(3)12-17)32-24-19-10-21(26(13-31)8-9-26)36(4)25(37)23(19)33-16(2)34-24/h5-7,10,15,17H,8-9,11-12,14H2,1-4H3,(H,32,33,34)/t15-/m1/s1. The molecule has 1 aliphatic carbocycles. The highest BCUT2D eigenvalue weighted by atomic mass is 19.3. The summed E-state index contributed by atoms with van der Waals surface area (Å²) in [5.74, 6) is -3.96. The van der Waals surface area contributed by atoms with E-state index in [0.29, 0.717) is 42.8 Å². The normalized spacial score (nSPS) is 18.2. The number of anilines is 1. The fourth-order valence-electron chi connectivity index (χ4n) is 5.00. The maximum absolute atomic E-state index is 15.5. The zero-order chi connectivity index (χ0) is 27.4. The van der Waals surface area contributed by atoms with Gasteiger partial charge < -0.3 is 19.5 Å². The third kappa shape index (κ3) is 4.52. The van der Waals surface area contributed by atoms with E-state index in [1.54, 1.807) is 27.0 Å². The Bertz CT molecular complexity index is 1510. The van der Waals surface area contributed by atoms with Crippen LogP contribution in [0.15, 0.2) is 29.1 Å². The number of alkyl halides is 2. The fourth-order valence-corrected chi connectivity index (χ4v) is 5.00. The lowest BCUT2D eigenvalue weighted by atomic mass is 9.99. The van der Waals surface area contributed by atoms with E-state index < -0.39 is 35.4 Å². The minimum Gasteiger partial charge on any atom is -0.369 e. The lowest BCUT2D eigenvalue weighted by Gasteiger charge is -2.36. The second-order valence-corrected chi connectivity index (χ2v) is 10.4. The topological polar surface area (TPSA) is 96.1 Å². The van der Waals surface area contributed by atoms with Gasteiger partial charge in [-0.25, -0.2) is 14.4 Å². The van der Waals surface area contributed by atoms with Gasteiger partial charge in [0.25, 0.3) is 11.5 Å². The van der Waals surface area contributed by atoms with Crippen LogP contribution in [-0.2, 0) is 23.1 Å². The van der Waals surface area contributed by atoms with Crippen LogP contribution in [0.25, 0.3) is 10.9 Å². The molecular weight excluding hydrogens is 497 g/mol. The van der Waals surface area contributed by atoms with Crippen molar-refractivity contribution in [2.45, 2.75) is 50.2 Å². The summed E-state index contributed by atoms with van der Waals surface area (Å²) in [7, 11) is 3.47. The van der Waals surface area contributed by atoms with Gasteiger partial charge in [0.15, 0.2) is 0 Å². The molecule has 0 unspecified atom stereocenters. The van der Waals surface area contributed by atoms with E-state index in [1.807, 2.05) is 11.9 Å². The average molecular weight is 527 g/mol. The Morgan fingerprint density at radius 3 is 2.63 bits per heavy atom. The molecule has 1 saturated heterocycles. The Morgan fingerprint density at radius 2 is 2.00 bits per heavy atom. The minimum atomic E-state index is -3.51. The zero-order valence-corrected chi connectivity index (χ0v) is 21.7. The van der Waals surface area contributed by atoms with E-state index >= 15 is 4.39 Å². The third-order valence-corrected chi connectivity index (χ3v) is 7.43. The molecule has 0 spiro atoms. The Morgan fingerprint density at radius 1 is 1.29 bits per heavy atom. The summed E-state index contributed by atoms with van der Waals surface area (Å²) in [6, 6.07) is 7.13. The van der Waals surface area contributed by atoms with Gasteiger partial charge in [0, 0.05) is 31.4 Å². The predicted octanol–water partition coefficient (Wildman–Crippen LogP) is 3.93. The number of rotatable bonds is 8. The largest absolute Gasteiger partial charge is 0.369 e. The van der Waals surface area contributed by atoms with Gasteiger partial charge in [-0.3, -0.25) is 4.79 Å². The number of nitrogens with zero attached hydrogens (tertiary/aromatic N) is 5. The van der Waals surface area contributed by atoms with Gasteiger partial charge in [-0.2, -0.15) is 14.0 Å². The minimum absolute atomic E-state index is 0.0229. The molecule has 2 fully saturated rings. The number of fused-ring (bicyclic) bond motifs is 1. The molecule has 1 N–H and O–H groups in total. The number of halogens is 3. The molecule has 0 amide bonds. The summed E-state index contributed by atoms with van der Waals surface area (Å²) >= 11 is 0. The molecule has 1 aliphatic heterocycles. The van der Waals surface area contributed by atoms with E-state index in [2.05, 4.69) is 21.4 Å². The van der Waals surface area contributed by atoms with Gasteiger partial charge >= 0.3 is 0 Å². The van der Waals surface area contributed by atoms with Crippen molar-refractivity contribution in [3.63, 3.8) is 0 Å². The van der Waals surface area contributed by atoms with Crippen LogP contribution < -0.4 is 10.9 Å². The Kier molecular flexibility index (Phi) is 6.44. The monoisotopic (exact) mass is 526 g/mol. The summed E-state index contributed by atoms with van der Waals surface area (Å²) in [5, 5.41) is 13.2. The second kappa shape index (κ2) is 9.36. The molecule has 5 rings (SSSR count). The molecule has 1 aromatic carbocycles. The van der Waals surface area contributed by atoms with E-state index in [-0.39, 0.29) is 28.6 Å². The molecule has 38 heavy (non-hydrogen) atoms. The summed E-state index contributed by atoms with van der Waals surface area (Å²) in [6.45, 7) is 3.47. The van der Waals surface area contributed by atoms with E-state index in [4.69, 9.17) is 4.74 Å². The number of ether oxygens (including phenoxy) is 1. The molecule has 1 saturated carbocycles. The van der Waals surface area contributed by atoms with E-state index in [1.165, 1.54) is 16.7 Å². The SMILES string of the molecule is Cc1nc(N[C@H](C)c2cccc(C(F)(F)COC3CN(C)C3)c2F)c2cc(C3(C#N)CC3)n(C)c(=O)c2n1. The molecule has 0 radical (unpaired) electrons. The van der Waals surface area contributed by atoms with Crippen molar-refractivity contribution in [3.8, 4) is 6.07 Å². The number of likely N-dealkylation sites (N-methyl/N-ethyl adjacent to an activating group) is 1. The van der Waals surface area contributed by atoms with Gasteiger partial charge in [-0.05, 0) is 45.9 Å². The van der Waals surface area contributed by atoms with E-state index in [9.17, 15) is 18.8 Å². The Labute approximate surface area is 218 Å². The number of nitriles is 1. The molecule has 3 aromatic rings.